The number of nitrogens with zero attached hydrogens (tertiary/aromatic N) is 8. The number of nitrogen functional groups attached to an aromatic ring is 1. The highest BCUT2D eigenvalue weighted by atomic mass is 19.4. The Kier molecular flexibility index (Phi) is 5.36. The molecule has 5 rings (SSSR count). The zero-order valence-corrected chi connectivity index (χ0v) is 18.4. The van der Waals surface area contributed by atoms with E-state index in [1.807, 2.05) is 6.92 Å². The van der Waals surface area contributed by atoms with Crippen LogP contribution in [0.4, 0.5) is 23.4 Å². The maximum atomic E-state index is 14.2. The summed E-state index contributed by atoms with van der Waals surface area (Å²) in [6.45, 7) is 1.81. The van der Waals surface area contributed by atoms with Crippen molar-refractivity contribution in [2.45, 2.75) is 19.0 Å². The molecule has 4 aromatic heterocycles. The number of anilines is 1. The van der Waals surface area contributed by atoms with Crippen LogP contribution >= 0.6 is 0 Å². The van der Waals surface area contributed by atoms with Crippen molar-refractivity contribution < 1.29 is 17.6 Å². The smallest absolute Gasteiger partial charge is 0.382 e. The summed E-state index contributed by atoms with van der Waals surface area (Å²) in [4.78, 5) is 10.8. The molecule has 9 nitrogen and oxygen atoms in total. The first-order valence-electron chi connectivity index (χ1n) is 10.5. The molecule has 0 aliphatic rings. The largest absolute Gasteiger partial charge is 0.451 e. The summed E-state index contributed by atoms with van der Waals surface area (Å²) in [5.41, 5.74) is 8.18. The molecule has 1 aromatic carbocycles. The number of benzene rings is 1. The minimum Gasteiger partial charge on any atom is -0.382 e. The highest BCUT2D eigenvalue weighted by Gasteiger charge is 2.34. The fourth-order valence-electron chi connectivity index (χ4n) is 3.80. The van der Waals surface area contributed by atoms with Gasteiger partial charge in [0.15, 0.2) is 11.6 Å². The van der Waals surface area contributed by atoms with Crippen molar-refractivity contribution in [2.24, 2.45) is 0 Å². The van der Waals surface area contributed by atoms with Gasteiger partial charge in [-0.3, -0.25) is 0 Å². The topological polar surface area (TPSA) is 124 Å². The van der Waals surface area contributed by atoms with Gasteiger partial charge < -0.3 is 5.73 Å². The van der Waals surface area contributed by atoms with Gasteiger partial charge in [-0.25, -0.2) is 28.5 Å². The Morgan fingerprint density at radius 2 is 1.83 bits per heavy atom. The van der Waals surface area contributed by atoms with Gasteiger partial charge in [0.1, 0.15) is 23.1 Å². The first kappa shape index (κ1) is 22.9. The average Bonchev–Trinajstić information content (AvgIpc) is 3.49. The van der Waals surface area contributed by atoms with E-state index >= 15 is 0 Å². The van der Waals surface area contributed by atoms with Gasteiger partial charge in [0, 0.05) is 24.5 Å². The van der Waals surface area contributed by atoms with E-state index in [9.17, 15) is 22.8 Å². The molecule has 0 bridgehead atoms. The van der Waals surface area contributed by atoms with E-state index in [1.54, 1.807) is 30.6 Å². The van der Waals surface area contributed by atoms with E-state index in [0.29, 0.717) is 16.8 Å². The molecule has 0 aliphatic heterocycles. The maximum absolute atomic E-state index is 14.2. The molecule has 4 heterocycles. The quantitative estimate of drug-likeness (QED) is 0.373. The van der Waals surface area contributed by atoms with E-state index in [-0.39, 0.29) is 28.5 Å². The third-order valence-corrected chi connectivity index (χ3v) is 5.59. The van der Waals surface area contributed by atoms with Crippen LogP contribution in [0.15, 0.2) is 55.1 Å². The Morgan fingerprint density at radius 3 is 2.50 bits per heavy atom. The van der Waals surface area contributed by atoms with Crippen LogP contribution in [0.1, 0.15) is 35.5 Å². The molecule has 0 radical (unpaired) electrons. The lowest BCUT2D eigenvalue weighted by Gasteiger charge is -2.12. The van der Waals surface area contributed by atoms with Crippen molar-refractivity contribution in [1.29, 1.82) is 5.26 Å². The average molecular weight is 493 g/mol. The van der Waals surface area contributed by atoms with Gasteiger partial charge in [0.25, 0.3) is 0 Å². The van der Waals surface area contributed by atoms with Gasteiger partial charge in [0.05, 0.1) is 23.0 Å². The number of alkyl halides is 3. The van der Waals surface area contributed by atoms with Crippen molar-refractivity contribution in [1.82, 2.24) is 34.3 Å². The minimum atomic E-state index is -4.69. The Bertz CT molecular complexity index is 1630. The zero-order chi connectivity index (χ0) is 25.6. The molecular weight excluding hydrogens is 478 g/mol. The Labute approximate surface area is 200 Å². The molecule has 1 atom stereocenters. The summed E-state index contributed by atoms with van der Waals surface area (Å²) >= 11 is 0. The standard InChI is InChI=1S/C23H15F4N9/c1-12(15-10-32-35(11-15)17-5-3-2-4-16(17)24)19-13(7-28)6-18-20(29)33-21(34-36(18)19)14-8-30-22(31-9-14)23(25,26)27/h2-6,8-12H,1H3,(H2,29,33,34). The Hall–Kier alpha value is -4.86. The highest BCUT2D eigenvalue weighted by molar-refractivity contribution is 5.72. The normalized spacial score (nSPS) is 12.6. The molecule has 36 heavy (non-hydrogen) atoms. The lowest BCUT2D eigenvalue weighted by Crippen LogP contribution is -2.11. The number of aromatic nitrogens is 7. The van der Waals surface area contributed by atoms with E-state index in [2.05, 4.69) is 31.2 Å². The van der Waals surface area contributed by atoms with E-state index < -0.39 is 23.7 Å². The third kappa shape index (κ3) is 3.88. The van der Waals surface area contributed by atoms with Crippen LogP contribution in [-0.4, -0.2) is 34.3 Å². The van der Waals surface area contributed by atoms with Gasteiger partial charge in [-0.05, 0) is 23.8 Å². The lowest BCUT2D eigenvalue weighted by molar-refractivity contribution is -0.144. The fourth-order valence-corrected chi connectivity index (χ4v) is 3.80. The van der Waals surface area contributed by atoms with Crippen LogP contribution in [0.5, 0.6) is 0 Å². The number of fused-ring (bicyclic) bond motifs is 1. The summed E-state index contributed by atoms with van der Waals surface area (Å²) in [5, 5.41) is 18.4. The zero-order valence-electron chi connectivity index (χ0n) is 18.4. The van der Waals surface area contributed by atoms with Crippen LogP contribution < -0.4 is 5.73 Å². The molecule has 0 saturated carbocycles. The number of hydrogen-bond donors (Lipinski definition) is 1. The number of hydrogen-bond acceptors (Lipinski definition) is 7. The van der Waals surface area contributed by atoms with E-state index in [0.717, 1.165) is 12.4 Å². The van der Waals surface area contributed by atoms with Crippen molar-refractivity contribution >= 4 is 11.3 Å². The van der Waals surface area contributed by atoms with Crippen LogP contribution in [-0.2, 0) is 6.18 Å². The predicted molar refractivity (Wildman–Crippen MR) is 119 cm³/mol. The molecule has 0 fully saturated rings. The minimum absolute atomic E-state index is 0.0110. The number of nitrogens with two attached hydrogens (primary N) is 1. The predicted octanol–water partition coefficient (Wildman–Crippen LogP) is 4.14. The summed E-state index contributed by atoms with van der Waals surface area (Å²) < 4.78 is 55.5. The van der Waals surface area contributed by atoms with Gasteiger partial charge in [-0.1, -0.05) is 19.1 Å². The number of halogens is 4. The van der Waals surface area contributed by atoms with Crippen LogP contribution in [0.3, 0.4) is 0 Å². The molecule has 1 unspecified atom stereocenters. The molecule has 180 valence electrons. The SMILES string of the molecule is CC(c1cnn(-c2ccccc2F)c1)c1c(C#N)cc2c(N)nc(-c3cnc(C(F)(F)F)nc3)nn12. The van der Waals surface area contributed by atoms with Gasteiger partial charge in [0.2, 0.25) is 5.82 Å². The van der Waals surface area contributed by atoms with Crippen LogP contribution in [0.2, 0.25) is 0 Å². The second kappa shape index (κ2) is 8.42. The van der Waals surface area contributed by atoms with Crippen molar-refractivity contribution in [2.75, 3.05) is 5.73 Å². The maximum Gasteiger partial charge on any atom is 0.451 e. The summed E-state index contributed by atoms with van der Waals surface area (Å²) in [6, 6.07) is 9.79. The van der Waals surface area contributed by atoms with Crippen LogP contribution in [0, 0.1) is 17.1 Å². The van der Waals surface area contributed by atoms with Gasteiger partial charge in [-0.2, -0.15) is 23.5 Å². The Morgan fingerprint density at radius 1 is 1.11 bits per heavy atom. The van der Waals surface area contributed by atoms with Gasteiger partial charge in [-0.15, -0.1) is 5.10 Å². The fraction of sp³-hybridized carbons (Fsp3) is 0.130. The second-order valence-electron chi connectivity index (χ2n) is 7.86. The molecule has 0 spiro atoms. The summed E-state index contributed by atoms with van der Waals surface area (Å²) in [6.07, 6.45) is 0.394. The molecule has 13 heteroatoms. The number of nitriles is 1. The first-order chi connectivity index (χ1) is 17.2. The molecule has 5 aromatic rings. The summed E-state index contributed by atoms with van der Waals surface area (Å²) in [5.74, 6) is -2.21. The highest BCUT2D eigenvalue weighted by Crippen LogP contribution is 2.32. The van der Waals surface area contributed by atoms with Crippen LogP contribution in [0.25, 0.3) is 22.6 Å². The first-order valence-corrected chi connectivity index (χ1v) is 10.5. The van der Waals surface area contributed by atoms with Crippen molar-refractivity contribution in [3.63, 3.8) is 0 Å². The monoisotopic (exact) mass is 493 g/mol. The van der Waals surface area contributed by atoms with Crippen molar-refractivity contribution in [3.8, 4) is 23.1 Å². The van der Waals surface area contributed by atoms with Gasteiger partial charge >= 0.3 is 6.18 Å². The molecule has 2 N–H and O–H groups in total. The molecule has 0 aliphatic carbocycles. The lowest BCUT2D eigenvalue weighted by atomic mass is 9.98. The van der Waals surface area contributed by atoms with E-state index in [4.69, 9.17) is 5.73 Å². The Balaban J connectivity index is 1.60. The number of para-hydroxylation sites is 1. The third-order valence-electron chi connectivity index (χ3n) is 5.59. The van der Waals surface area contributed by atoms with E-state index in [1.165, 1.54) is 21.3 Å². The van der Waals surface area contributed by atoms with Crippen molar-refractivity contribution in [3.05, 3.63) is 83.6 Å². The number of rotatable bonds is 4. The molecular formula is C23H15F4N9. The summed E-state index contributed by atoms with van der Waals surface area (Å²) in [7, 11) is 0. The second-order valence-corrected chi connectivity index (χ2v) is 7.86. The molecule has 0 amide bonds. The molecule has 0 saturated heterocycles.